The summed E-state index contributed by atoms with van der Waals surface area (Å²) in [6, 6.07) is 5.25. The summed E-state index contributed by atoms with van der Waals surface area (Å²) in [5, 5.41) is 2.59. The first kappa shape index (κ1) is 17.1. The van der Waals surface area contributed by atoms with Crippen molar-refractivity contribution < 1.29 is 14.3 Å². The van der Waals surface area contributed by atoms with Gasteiger partial charge in [0, 0.05) is 15.5 Å². The fourth-order valence-electron chi connectivity index (χ4n) is 1.49. The van der Waals surface area contributed by atoms with Crippen molar-refractivity contribution in [3.05, 3.63) is 27.1 Å². The summed E-state index contributed by atoms with van der Waals surface area (Å²) in [5.41, 5.74) is 5.19. The van der Waals surface area contributed by atoms with E-state index in [0.717, 1.165) is 8.95 Å². The molecular weight excluding hydrogens is 392 g/mol. The number of carbonyl (C=O) groups excluding carboxylic acids is 2. The van der Waals surface area contributed by atoms with E-state index in [1.165, 1.54) is 0 Å². The van der Waals surface area contributed by atoms with Gasteiger partial charge in [-0.05, 0) is 24.6 Å². The number of hydrogen-bond acceptors (Lipinski definition) is 4. The summed E-state index contributed by atoms with van der Waals surface area (Å²) in [4.78, 5) is 23.1. The third kappa shape index (κ3) is 5.60. The van der Waals surface area contributed by atoms with Crippen LogP contribution in [0.25, 0.3) is 0 Å². The van der Waals surface area contributed by atoms with Crippen LogP contribution < -0.4 is 15.8 Å². The Morgan fingerprint density at radius 1 is 1.30 bits per heavy atom. The summed E-state index contributed by atoms with van der Waals surface area (Å²) >= 11 is 6.65. The third-order valence-corrected chi connectivity index (χ3v) is 3.53. The zero-order chi connectivity index (χ0) is 15.1. The van der Waals surface area contributed by atoms with Crippen molar-refractivity contribution in [2.24, 2.45) is 11.7 Å². The zero-order valence-corrected chi connectivity index (χ0v) is 14.2. The van der Waals surface area contributed by atoms with Crippen LogP contribution in [-0.2, 0) is 9.59 Å². The van der Waals surface area contributed by atoms with Gasteiger partial charge in [-0.2, -0.15) is 0 Å². The summed E-state index contributed by atoms with van der Waals surface area (Å²) < 4.78 is 6.92. The zero-order valence-electron chi connectivity index (χ0n) is 11.0. The number of carbonyl (C=O) groups is 2. The molecule has 0 fully saturated rings. The van der Waals surface area contributed by atoms with Gasteiger partial charge in [-0.15, -0.1) is 0 Å². The molecule has 1 unspecified atom stereocenters. The Labute approximate surface area is 134 Å². The first-order valence-corrected chi connectivity index (χ1v) is 7.69. The molecule has 0 heterocycles. The van der Waals surface area contributed by atoms with Crippen molar-refractivity contribution in [3.8, 4) is 5.75 Å². The van der Waals surface area contributed by atoms with Crippen LogP contribution in [0.2, 0.25) is 0 Å². The molecule has 1 amide bonds. The average Bonchev–Trinajstić information content (AvgIpc) is 2.37. The van der Waals surface area contributed by atoms with E-state index in [2.05, 4.69) is 37.2 Å². The van der Waals surface area contributed by atoms with Crippen LogP contribution in [0.15, 0.2) is 27.1 Å². The highest BCUT2D eigenvalue weighted by molar-refractivity contribution is 9.11. The normalized spacial score (nSPS) is 11.8. The number of nitrogens with two attached hydrogens (primary N) is 1. The van der Waals surface area contributed by atoms with Gasteiger partial charge in [0.15, 0.2) is 0 Å². The minimum atomic E-state index is -0.400. The van der Waals surface area contributed by atoms with Crippen molar-refractivity contribution in [2.45, 2.75) is 13.3 Å². The first-order valence-electron chi connectivity index (χ1n) is 6.10. The van der Waals surface area contributed by atoms with E-state index in [1.807, 2.05) is 13.0 Å². The fraction of sp³-hybridized carbons (Fsp3) is 0.385. The summed E-state index contributed by atoms with van der Waals surface area (Å²) in [6.07, 6.45) is 0.568. The molecule has 1 aromatic carbocycles. The molecule has 0 aliphatic rings. The van der Waals surface area contributed by atoms with Crippen LogP contribution in [-0.4, -0.2) is 25.0 Å². The van der Waals surface area contributed by atoms with Crippen molar-refractivity contribution >= 4 is 43.7 Å². The highest BCUT2D eigenvalue weighted by Gasteiger charge is 2.19. The number of benzene rings is 1. The monoisotopic (exact) mass is 406 g/mol. The second kappa shape index (κ2) is 8.39. The molecule has 0 aliphatic carbocycles. The molecule has 3 N–H and O–H groups in total. The molecule has 1 aromatic rings. The highest BCUT2D eigenvalue weighted by Crippen LogP contribution is 2.25. The Hall–Kier alpha value is -0.920. The van der Waals surface area contributed by atoms with E-state index in [4.69, 9.17) is 10.5 Å². The molecule has 7 heteroatoms. The van der Waals surface area contributed by atoms with Gasteiger partial charge in [0.1, 0.15) is 5.75 Å². The molecule has 0 saturated carbocycles. The second-order valence-electron chi connectivity index (χ2n) is 4.14. The van der Waals surface area contributed by atoms with Gasteiger partial charge in [-0.25, -0.2) is 0 Å². The molecule has 0 aromatic heterocycles. The van der Waals surface area contributed by atoms with Gasteiger partial charge in [-0.3, -0.25) is 9.59 Å². The lowest BCUT2D eigenvalue weighted by Crippen LogP contribution is -2.37. The van der Waals surface area contributed by atoms with E-state index >= 15 is 0 Å². The van der Waals surface area contributed by atoms with E-state index in [0.29, 0.717) is 12.2 Å². The van der Waals surface area contributed by atoms with E-state index in [-0.39, 0.29) is 25.0 Å². The van der Waals surface area contributed by atoms with Crippen LogP contribution in [0, 0.1) is 5.92 Å². The molecular formula is C13H16Br2N2O3. The molecule has 0 bridgehead atoms. The van der Waals surface area contributed by atoms with Gasteiger partial charge >= 0.3 is 5.97 Å². The van der Waals surface area contributed by atoms with Crippen LogP contribution in [0.1, 0.15) is 13.3 Å². The summed E-state index contributed by atoms with van der Waals surface area (Å²) in [6.45, 7) is 1.99. The molecule has 20 heavy (non-hydrogen) atoms. The fourth-order valence-corrected chi connectivity index (χ4v) is 2.74. The predicted octanol–water partition coefficient (Wildman–Crippen LogP) is 2.22. The molecule has 1 rings (SSSR count). The smallest absolute Gasteiger partial charge is 0.316 e. The lowest BCUT2D eigenvalue weighted by molar-refractivity contribution is -0.139. The van der Waals surface area contributed by atoms with E-state index in [1.54, 1.807) is 12.1 Å². The first-order chi connectivity index (χ1) is 9.46. The van der Waals surface area contributed by atoms with Crippen molar-refractivity contribution in [1.29, 1.82) is 0 Å². The number of esters is 1. The standard InChI is InChI=1S/C13H16Br2N2O3/c1-2-8(7-17-12(18)6-16)13(19)20-11-4-9(14)3-10(15)5-11/h3-5,8H,2,6-7,16H2,1H3,(H,17,18). The molecule has 0 spiro atoms. The van der Waals surface area contributed by atoms with E-state index < -0.39 is 5.92 Å². The quantitative estimate of drug-likeness (QED) is 0.559. The molecule has 0 saturated heterocycles. The van der Waals surface area contributed by atoms with Gasteiger partial charge in [0.2, 0.25) is 5.91 Å². The maximum Gasteiger partial charge on any atom is 0.316 e. The lowest BCUT2D eigenvalue weighted by Gasteiger charge is -2.14. The molecule has 0 aliphatic heterocycles. The van der Waals surface area contributed by atoms with Crippen LogP contribution in [0.3, 0.4) is 0 Å². The highest BCUT2D eigenvalue weighted by atomic mass is 79.9. The summed E-state index contributed by atoms with van der Waals surface area (Å²) in [5.74, 6) is -0.626. The van der Waals surface area contributed by atoms with Gasteiger partial charge in [0.05, 0.1) is 12.5 Å². The van der Waals surface area contributed by atoms with Crippen LogP contribution in [0.4, 0.5) is 0 Å². The van der Waals surface area contributed by atoms with Gasteiger partial charge in [-0.1, -0.05) is 38.8 Å². The topological polar surface area (TPSA) is 81.4 Å². The van der Waals surface area contributed by atoms with Gasteiger partial charge in [0.25, 0.3) is 0 Å². The molecule has 110 valence electrons. The van der Waals surface area contributed by atoms with Gasteiger partial charge < -0.3 is 15.8 Å². The Kier molecular flexibility index (Phi) is 7.18. The minimum absolute atomic E-state index is 0.0932. The Morgan fingerprint density at radius 2 is 1.90 bits per heavy atom. The average molecular weight is 408 g/mol. The van der Waals surface area contributed by atoms with E-state index in [9.17, 15) is 9.59 Å². The second-order valence-corrected chi connectivity index (χ2v) is 5.97. The molecule has 5 nitrogen and oxygen atoms in total. The molecule has 0 radical (unpaired) electrons. The predicted molar refractivity (Wildman–Crippen MR) is 83.3 cm³/mol. The van der Waals surface area contributed by atoms with Crippen molar-refractivity contribution in [3.63, 3.8) is 0 Å². The maximum atomic E-state index is 12.0. The third-order valence-electron chi connectivity index (χ3n) is 2.61. The molecule has 1 atom stereocenters. The minimum Gasteiger partial charge on any atom is -0.426 e. The number of halogens is 2. The summed E-state index contributed by atoms with van der Waals surface area (Å²) in [7, 11) is 0. The number of nitrogens with one attached hydrogen (secondary N) is 1. The Morgan fingerprint density at radius 3 is 2.40 bits per heavy atom. The van der Waals surface area contributed by atoms with Crippen LogP contribution >= 0.6 is 31.9 Å². The van der Waals surface area contributed by atoms with Crippen LogP contribution in [0.5, 0.6) is 5.75 Å². The number of ether oxygens (including phenoxy) is 1. The maximum absolute atomic E-state index is 12.0. The van der Waals surface area contributed by atoms with Crippen molar-refractivity contribution in [2.75, 3.05) is 13.1 Å². The largest absolute Gasteiger partial charge is 0.426 e. The van der Waals surface area contributed by atoms with Crippen molar-refractivity contribution in [1.82, 2.24) is 5.32 Å². The Balaban J connectivity index is 2.64. The number of hydrogen-bond donors (Lipinski definition) is 2. The Bertz CT molecular complexity index is 474. The number of amides is 1. The number of rotatable bonds is 6. The lowest BCUT2D eigenvalue weighted by atomic mass is 10.1. The SMILES string of the molecule is CCC(CNC(=O)CN)C(=O)Oc1cc(Br)cc(Br)c1.